The molecule has 2 amide bonds. The lowest BCUT2D eigenvalue weighted by Crippen LogP contribution is -2.49. The van der Waals surface area contributed by atoms with E-state index < -0.39 is 23.6 Å². The van der Waals surface area contributed by atoms with Crippen LogP contribution in [0.15, 0.2) is 77.2 Å². The second-order valence-corrected chi connectivity index (χ2v) is 22.0. The number of aliphatic hydroxyl groups is 1. The van der Waals surface area contributed by atoms with E-state index in [-0.39, 0.29) is 48.2 Å². The van der Waals surface area contributed by atoms with Crippen molar-refractivity contribution in [2.75, 3.05) is 26.2 Å². The largest absolute Gasteiger partial charge is 0.391 e. The third-order valence-corrected chi connectivity index (χ3v) is 16.8. The van der Waals surface area contributed by atoms with E-state index in [1.165, 1.54) is 11.1 Å². The van der Waals surface area contributed by atoms with Gasteiger partial charge < -0.3 is 20.2 Å². The normalized spacial score (nSPS) is 22.6. The highest BCUT2D eigenvalue weighted by molar-refractivity contribution is 7.13. The lowest BCUT2D eigenvalue weighted by molar-refractivity contribution is -0.142. The van der Waals surface area contributed by atoms with Gasteiger partial charge in [0.05, 0.1) is 60.9 Å². The number of halogens is 1. The molecule has 3 fully saturated rings. The zero-order valence-corrected chi connectivity index (χ0v) is 41.4. The Labute approximate surface area is 406 Å². The maximum atomic E-state index is 14.4. The molecule has 0 unspecified atom stereocenters. The van der Waals surface area contributed by atoms with E-state index in [1.54, 1.807) is 27.0 Å². The number of carbonyl (C=O) groups excluding carboxylic acids is 2. The molecule has 6 aromatic rings. The van der Waals surface area contributed by atoms with Gasteiger partial charge in [-0.3, -0.25) is 19.0 Å². The van der Waals surface area contributed by atoms with Gasteiger partial charge in [0, 0.05) is 31.6 Å². The number of piperidine rings is 1. The summed E-state index contributed by atoms with van der Waals surface area (Å²) in [6, 6.07) is 18.9. The fraction of sp³-hybridized carbons (Fsp3) is 0.491. The molecule has 1 saturated carbocycles. The molecule has 6 heterocycles. The van der Waals surface area contributed by atoms with Crippen molar-refractivity contribution < 1.29 is 14.7 Å². The summed E-state index contributed by atoms with van der Waals surface area (Å²) in [7, 11) is 0. The van der Waals surface area contributed by atoms with Crippen molar-refractivity contribution >= 4 is 45.7 Å². The summed E-state index contributed by atoms with van der Waals surface area (Å²) in [5, 5.41) is 24.0. The molecule has 3 aromatic carbocycles. The number of nitrogens with one attached hydrogen (secondary N) is 1. The van der Waals surface area contributed by atoms with Crippen LogP contribution in [0.5, 0.6) is 0 Å². The van der Waals surface area contributed by atoms with Crippen molar-refractivity contribution in [2.24, 2.45) is 11.8 Å². The molecule has 4 aliphatic rings. The number of aromatic nitrogens is 6. The average molecular weight is 957 g/mol. The van der Waals surface area contributed by atoms with Crippen molar-refractivity contribution in [1.82, 2.24) is 44.6 Å². The first kappa shape index (κ1) is 46.4. The monoisotopic (exact) mass is 955 g/mol. The van der Waals surface area contributed by atoms with Crippen LogP contribution >= 0.6 is 22.9 Å². The number of amides is 2. The summed E-state index contributed by atoms with van der Waals surface area (Å²) in [5.74, 6) is 1.50. The fourth-order valence-electron chi connectivity index (χ4n) is 11.7. The molecular weight excluding hydrogens is 894 g/mol. The van der Waals surface area contributed by atoms with Crippen LogP contribution in [0.2, 0.25) is 5.02 Å². The van der Waals surface area contributed by atoms with E-state index >= 15 is 0 Å². The van der Waals surface area contributed by atoms with Gasteiger partial charge in [0.2, 0.25) is 11.8 Å². The second-order valence-electron chi connectivity index (χ2n) is 20.7. The lowest BCUT2D eigenvalue weighted by atomic mass is 9.80. The van der Waals surface area contributed by atoms with Gasteiger partial charge in [0.1, 0.15) is 17.9 Å². The van der Waals surface area contributed by atoms with Crippen molar-refractivity contribution in [3.63, 3.8) is 0 Å². The maximum absolute atomic E-state index is 14.4. The van der Waals surface area contributed by atoms with Crippen LogP contribution in [0.4, 0.5) is 0 Å². The molecule has 0 bridgehead atoms. The number of hydrogen-bond donors (Lipinski definition) is 2. The van der Waals surface area contributed by atoms with E-state index in [2.05, 4.69) is 67.1 Å². The third-order valence-electron chi connectivity index (χ3n) is 15.5. The van der Waals surface area contributed by atoms with Gasteiger partial charge in [-0.25, -0.2) is 9.67 Å². The standard InChI is InChI=1S/C53H62ClN9O4S/c1-30(2)47(51(67)61-27-39(64)25-45(61)49(65)56-31(3)34-14-16-37(17-15-34)48-32(4)55-29-68-48)62-28-42(58-59-62)36-12-10-33(11-13-36)26-60-22-20-35(21-23-60)38-18-19-40-44(24-38)63-43-9-7-8-41(54)46(43)50(66)57-52(63)53(40,5)6/h7-9,14-19,24,28-31,33,35-36,39,45,47,64H,10-13,20-23,25-27H2,1-6H3,(H,56,65)/t31-,33?,36?,39+,45-,47-/m0/s1. The summed E-state index contributed by atoms with van der Waals surface area (Å²) in [6.45, 7) is 15.5. The molecule has 2 N–H and O–H groups in total. The molecule has 1 aliphatic carbocycles. The van der Waals surface area contributed by atoms with Gasteiger partial charge in [0.25, 0.3) is 5.56 Å². The molecule has 2 saturated heterocycles. The van der Waals surface area contributed by atoms with Crippen LogP contribution < -0.4 is 10.9 Å². The number of fused-ring (bicyclic) bond motifs is 5. The number of aryl methyl sites for hydroxylation is 1. The van der Waals surface area contributed by atoms with E-state index in [0.29, 0.717) is 22.2 Å². The minimum atomic E-state index is -0.793. The maximum Gasteiger partial charge on any atom is 0.282 e. The number of benzene rings is 3. The molecule has 0 spiro atoms. The van der Waals surface area contributed by atoms with Crippen LogP contribution in [0.3, 0.4) is 0 Å². The number of nitrogens with zero attached hydrogens (tertiary/aromatic N) is 8. The SMILES string of the molecule is Cc1ncsc1-c1ccc([C@H](C)NC(=O)[C@@H]2C[C@@H](O)CN2C(=O)[C@H](C(C)C)n2cc(C3CCC(CN4CCC(c5ccc6c(c5)-n5c(nc(=O)c7c(Cl)cccc75)C6(C)C)CC4)CC3)nn2)cc1. The summed E-state index contributed by atoms with van der Waals surface area (Å²) in [4.78, 5) is 55.6. The average Bonchev–Trinajstić information content (AvgIpc) is 4.12. The van der Waals surface area contributed by atoms with E-state index in [0.717, 1.165) is 103 Å². The quantitative estimate of drug-likeness (QED) is 0.130. The molecule has 3 aromatic heterocycles. The Morgan fingerprint density at radius 2 is 1.72 bits per heavy atom. The van der Waals surface area contributed by atoms with Crippen molar-refractivity contribution in [3.05, 3.63) is 122 Å². The Morgan fingerprint density at radius 3 is 2.43 bits per heavy atom. The zero-order valence-electron chi connectivity index (χ0n) is 39.9. The Balaban J connectivity index is 0.732. The van der Waals surface area contributed by atoms with Gasteiger partial charge >= 0.3 is 0 Å². The van der Waals surface area contributed by atoms with Crippen LogP contribution in [0, 0.1) is 18.8 Å². The summed E-state index contributed by atoms with van der Waals surface area (Å²) < 4.78 is 3.85. The molecule has 13 nitrogen and oxygen atoms in total. The number of likely N-dealkylation sites (tertiary alicyclic amines) is 2. The number of thiazole rings is 1. The van der Waals surface area contributed by atoms with Gasteiger partial charge in [-0.1, -0.05) is 73.1 Å². The highest BCUT2D eigenvalue weighted by Gasteiger charge is 2.44. The number of β-amino-alcohol motifs (C(OH)–C–C–N with tert-alkyl or cyclic N) is 1. The smallest absolute Gasteiger partial charge is 0.282 e. The number of aliphatic hydroxyl groups excluding tert-OH is 1. The van der Waals surface area contributed by atoms with Crippen LogP contribution in [0.1, 0.15) is 137 Å². The third kappa shape index (κ3) is 8.60. The van der Waals surface area contributed by atoms with E-state index in [9.17, 15) is 19.5 Å². The van der Waals surface area contributed by atoms with E-state index in [4.69, 9.17) is 11.6 Å². The minimum absolute atomic E-state index is 0.0952. The number of hydrogen-bond acceptors (Lipinski definition) is 10. The minimum Gasteiger partial charge on any atom is -0.391 e. The Bertz CT molecular complexity index is 2910. The van der Waals surface area contributed by atoms with Gasteiger partial charge in [0.15, 0.2) is 0 Å². The molecule has 4 atom stereocenters. The summed E-state index contributed by atoms with van der Waals surface area (Å²) in [6.07, 6.45) is 7.83. The zero-order chi connectivity index (χ0) is 47.6. The van der Waals surface area contributed by atoms with Crippen molar-refractivity contribution in [3.8, 4) is 16.1 Å². The van der Waals surface area contributed by atoms with Gasteiger partial charge in [-0.15, -0.1) is 16.4 Å². The van der Waals surface area contributed by atoms with Crippen LogP contribution in [-0.2, 0) is 15.0 Å². The lowest BCUT2D eigenvalue weighted by Gasteiger charge is -2.36. The van der Waals surface area contributed by atoms with Crippen LogP contribution in [-0.4, -0.2) is 94.6 Å². The predicted octanol–water partition coefficient (Wildman–Crippen LogP) is 8.89. The molecule has 0 radical (unpaired) electrons. The molecular formula is C53H62ClN9O4S. The summed E-state index contributed by atoms with van der Waals surface area (Å²) in [5.41, 5.74) is 9.53. The first-order valence-electron chi connectivity index (χ1n) is 24.5. The molecule has 68 heavy (non-hydrogen) atoms. The van der Waals surface area contributed by atoms with Crippen molar-refractivity contribution in [2.45, 2.75) is 128 Å². The highest BCUT2D eigenvalue weighted by Crippen LogP contribution is 2.45. The van der Waals surface area contributed by atoms with E-state index in [1.807, 2.05) is 75.8 Å². The number of carbonyl (C=O) groups is 2. The highest BCUT2D eigenvalue weighted by atomic mass is 35.5. The first-order valence-corrected chi connectivity index (χ1v) is 25.7. The fourth-order valence-corrected chi connectivity index (χ4v) is 12.7. The Hall–Kier alpha value is -5.28. The Kier molecular flexibility index (Phi) is 12.7. The molecule has 356 valence electrons. The second kappa shape index (κ2) is 18.6. The Morgan fingerprint density at radius 1 is 0.971 bits per heavy atom. The van der Waals surface area contributed by atoms with Gasteiger partial charge in [-0.05, 0) is 138 Å². The predicted molar refractivity (Wildman–Crippen MR) is 266 cm³/mol. The molecule has 15 heteroatoms. The number of rotatable bonds is 11. The van der Waals surface area contributed by atoms with Crippen molar-refractivity contribution in [1.29, 1.82) is 0 Å². The van der Waals surface area contributed by atoms with Crippen LogP contribution in [0.25, 0.3) is 27.0 Å². The summed E-state index contributed by atoms with van der Waals surface area (Å²) >= 11 is 8.14. The first-order chi connectivity index (χ1) is 32.7. The topological polar surface area (TPSA) is 151 Å². The molecule has 10 rings (SSSR count). The molecule has 3 aliphatic heterocycles. The van der Waals surface area contributed by atoms with Gasteiger partial charge in [-0.2, -0.15) is 4.98 Å².